The highest BCUT2D eigenvalue weighted by atomic mass is 35.5. The van der Waals surface area contributed by atoms with Crippen LogP contribution in [-0.2, 0) is 17.9 Å². The van der Waals surface area contributed by atoms with Crippen molar-refractivity contribution in [2.45, 2.75) is 13.1 Å². The molecule has 7 heteroatoms. The first-order chi connectivity index (χ1) is 14.2. The number of hydrogen-bond acceptors (Lipinski definition) is 4. The minimum absolute atomic E-state index is 0.156. The van der Waals surface area contributed by atoms with E-state index in [2.05, 4.69) is 11.0 Å². The Morgan fingerprint density at radius 1 is 0.931 bits per heavy atom. The van der Waals surface area contributed by atoms with E-state index in [9.17, 15) is 4.79 Å². The van der Waals surface area contributed by atoms with Crippen molar-refractivity contribution < 1.29 is 18.5 Å². The van der Waals surface area contributed by atoms with E-state index >= 15 is 0 Å². The maximum atomic E-state index is 13.0. The van der Waals surface area contributed by atoms with Crippen LogP contribution in [0.25, 0.3) is 0 Å². The number of amides is 1. The summed E-state index contributed by atoms with van der Waals surface area (Å²) < 4.78 is 11.0. The summed E-state index contributed by atoms with van der Waals surface area (Å²) in [5, 5.41) is 0.733. The molecule has 1 fully saturated rings. The number of anilines is 1. The SMILES string of the molecule is O=C(C[NH+](Cc1ccco1)Cc1ccco1)N1CCN(c2cccc(Cl)c2)CC1. The zero-order valence-corrected chi connectivity index (χ0v) is 17.0. The number of halogens is 1. The van der Waals surface area contributed by atoms with E-state index in [0.717, 1.165) is 40.2 Å². The highest BCUT2D eigenvalue weighted by Crippen LogP contribution is 2.20. The van der Waals surface area contributed by atoms with E-state index in [1.807, 2.05) is 47.4 Å². The molecule has 0 aliphatic carbocycles. The molecule has 1 N–H and O–H groups in total. The average Bonchev–Trinajstić information content (AvgIpc) is 3.42. The molecular weight excluding hydrogens is 390 g/mol. The normalized spacial score (nSPS) is 14.6. The molecule has 3 heterocycles. The van der Waals surface area contributed by atoms with E-state index < -0.39 is 0 Å². The van der Waals surface area contributed by atoms with Crippen LogP contribution >= 0.6 is 11.6 Å². The number of carbonyl (C=O) groups excluding carboxylic acids is 1. The minimum Gasteiger partial charge on any atom is -0.463 e. The maximum absolute atomic E-state index is 13.0. The number of hydrogen-bond donors (Lipinski definition) is 1. The third-order valence-corrected chi connectivity index (χ3v) is 5.45. The fourth-order valence-electron chi connectivity index (χ4n) is 3.72. The first-order valence-corrected chi connectivity index (χ1v) is 10.2. The lowest BCUT2D eigenvalue weighted by Gasteiger charge is -2.36. The summed E-state index contributed by atoms with van der Waals surface area (Å²) in [7, 11) is 0. The highest BCUT2D eigenvalue weighted by Gasteiger charge is 2.26. The molecule has 3 aromatic rings. The maximum Gasteiger partial charge on any atom is 0.277 e. The lowest BCUT2D eigenvalue weighted by atomic mass is 10.2. The van der Waals surface area contributed by atoms with Crippen molar-refractivity contribution in [1.82, 2.24) is 4.90 Å². The van der Waals surface area contributed by atoms with Crippen LogP contribution in [0.15, 0.2) is 69.9 Å². The van der Waals surface area contributed by atoms with Gasteiger partial charge in [-0.3, -0.25) is 4.79 Å². The van der Waals surface area contributed by atoms with E-state index in [0.29, 0.717) is 32.7 Å². The Morgan fingerprint density at radius 3 is 2.14 bits per heavy atom. The Kier molecular flexibility index (Phi) is 6.22. The van der Waals surface area contributed by atoms with Gasteiger partial charge in [-0.1, -0.05) is 17.7 Å². The van der Waals surface area contributed by atoms with Gasteiger partial charge in [-0.25, -0.2) is 0 Å². The van der Waals surface area contributed by atoms with Crippen LogP contribution < -0.4 is 9.80 Å². The number of furan rings is 2. The molecule has 4 rings (SSSR count). The molecule has 0 spiro atoms. The first kappa shape index (κ1) is 19.6. The van der Waals surface area contributed by atoms with Gasteiger partial charge in [0.1, 0.15) is 13.1 Å². The Morgan fingerprint density at radius 2 is 1.59 bits per heavy atom. The van der Waals surface area contributed by atoms with E-state index in [1.54, 1.807) is 12.5 Å². The predicted molar refractivity (Wildman–Crippen MR) is 111 cm³/mol. The van der Waals surface area contributed by atoms with Crippen molar-refractivity contribution in [3.8, 4) is 0 Å². The molecule has 152 valence electrons. The Balaban J connectivity index is 1.35. The molecule has 1 aliphatic rings. The van der Waals surface area contributed by atoms with Gasteiger partial charge in [0.25, 0.3) is 5.91 Å². The second kappa shape index (κ2) is 9.20. The summed E-state index contributed by atoms with van der Waals surface area (Å²) in [6.07, 6.45) is 3.33. The van der Waals surface area contributed by atoms with Crippen molar-refractivity contribution in [3.63, 3.8) is 0 Å². The molecule has 0 unspecified atom stereocenters. The first-order valence-electron chi connectivity index (χ1n) is 9.84. The quantitative estimate of drug-likeness (QED) is 0.645. The van der Waals surface area contributed by atoms with Crippen LogP contribution in [-0.4, -0.2) is 43.5 Å². The van der Waals surface area contributed by atoms with Gasteiger partial charge < -0.3 is 23.5 Å². The van der Waals surface area contributed by atoms with Gasteiger partial charge in [0, 0.05) is 36.9 Å². The smallest absolute Gasteiger partial charge is 0.277 e. The van der Waals surface area contributed by atoms with Crippen LogP contribution in [0.1, 0.15) is 11.5 Å². The fraction of sp³-hybridized carbons (Fsp3) is 0.318. The molecule has 0 atom stereocenters. The third-order valence-electron chi connectivity index (χ3n) is 5.22. The third kappa shape index (κ3) is 5.22. The van der Waals surface area contributed by atoms with Crippen molar-refractivity contribution in [3.05, 3.63) is 77.6 Å². The van der Waals surface area contributed by atoms with Crippen molar-refractivity contribution >= 4 is 23.2 Å². The standard InChI is InChI=1S/C22H24ClN3O3/c23-18-4-1-5-19(14-18)25-8-10-26(11-9-25)22(27)17-24(15-20-6-2-12-28-20)16-21-7-3-13-29-21/h1-7,12-14H,8-11,15-17H2/p+1. The van der Waals surface area contributed by atoms with Gasteiger partial charge in [0.05, 0.1) is 12.5 Å². The Bertz CT molecular complexity index is 867. The van der Waals surface area contributed by atoms with Crippen molar-refractivity contribution in [2.24, 2.45) is 0 Å². The number of nitrogens with zero attached hydrogens (tertiary/aromatic N) is 2. The van der Waals surface area contributed by atoms with Gasteiger partial charge in [-0.2, -0.15) is 0 Å². The van der Waals surface area contributed by atoms with Gasteiger partial charge in [0.2, 0.25) is 0 Å². The molecule has 6 nitrogen and oxygen atoms in total. The number of nitrogens with one attached hydrogen (secondary N) is 1. The number of quaternary nitrogens is 1. The summed E-state index contributed by atoms with van der Waals surface area (Å²) in [5.41, 5.74) is 1.10. The van der Waals surface area contributed by atoms with Crippen LogP contribution in [0, 0.1) is 0 Å². The number of benzene rings is 1. The summed E-state index contributed by atoms with van der Waals surface area (Å²) >= 11 is 6.11. The summed E-state index contributed by atoms with van der Waals surface area (Å²) in [6, 6.07) is 15.5. The molecule has 2 aromatic heterocycles. The fourth-order valence-corrected chi connectivity index (χ4v) is 3.90. The summed E-state index contributed by atoms with van der Waals surface area (Å²) in [4.78, 5) is 18.3. The summed E-state index contributed by atoms with van der Waals surface area (Å²) in [6.45, 7) is 4.71. The van der Waals surface area contributed by atoms with Gasteiger partial charge in [-0.05, 0) is 42.5 Å². The van der Waals surface area contributed by atoms with Crippen LogP contribution in [0.3, 0.4) is 0 Å². The summed E-state index contributed by atoms with van der Waals surface area (Å²) in [5.74, 6) is 1.89. The number of rotatable bonds is 7. The molecule has 29 heavy (non-hydrogen) atoms. The lowest BCUT2D eigenvalue weighted by Crippen LogP contribution is -3.10. The predicted octanol–water partition coefficient (Wildman–Crippen LogP) is 2.46. The molecule has 1 aliphatic heterocycles. The van der Waals surface area contributed by atoms with E-state index in [4.69, 9.17) is 20.4 Å². The van der Waals surface area contributed by atoms with Crippen molar-refractivity contribution in [2.75, 3.05) is 37.6 Å². The highest BCUT2D eigenvalue weighted by molar-refractivity contribution is 6.30. The van der Waals surface area contributed by atoms with Gasteiger partial charge in [-0.15, -0.1) is 0 Å². The second-order valence-corrected chi connectivity index (χ2v) is 7.72. The zero-order chi connectivity index (χ0) is 20.1. The minimum atomic E-state index is 0.156. The zero-order valence-electron chi connectivity index (χ0n) is 16.2. The molecule has 1 aromatic carbocycles. The molecule has 1 saturated heterocycles. The molecular formula is C22H25ClN3O3+. The molecule has 0 saturated carbocycles. The van der Waals surface area contributed by atoms with Crippen LogP contribution in [0.4, 0.5) is 5.69 Å². The monoisotopic (exact) mass is 414 g/mol. The van der Waals surface area contributed by atoms with E-state index in [-0.39, 0.29) is 5.91 Å². The molecule has 1 amide bonds. The molecule has 0 radical (unpaired) electrons. The average molecular weight is 415 g/mol. The van der Waals surface area contributed by atoms with Crippen molar-refractivity contribution in [1.29, 1.82) is 0 Å². The largest absolute Gasteiger partial charge is 0.463 e. The molecule has 0 bridgehead atoms. The van der Waals surface area contributed by atoms with Crippen LogP contribution in [0.2, 0.25) is 5.02 Å². The van der Waals surface area contributed by atoms with E-state index in [1.165, 1.54) is 0 Å². The van der Waals surface area contributed by atoms with Gasteiger partial charge in [0.15, 0.2) is 18.1 Å². The van der Waals surface area contributed by atoms with Crippen LogP contribution in [0.5, 0.6) is 0 Å². The lowest BCUT2D eigenvalue weighted by molar-refractivity contribution is -0.921. The Hall–Kier alpha value is -2.70. The Labute approximate surface area is 175 Å². The second-order valence-electron chi connectivity index (χ2n) is 7.29. The number of piperazine rings is 1. The topological polar surface area (TPSA) is 54.3 Å². The van der Waals surface area contributed by atoms with Gasteiger partial charge >= 0.3 is 0 Å². The number of carbonyl (C=O) groups is 1.